The van der Waals surface area contributed by atoms with E-state index in [-0.39, 0.29) is 29.5 Å². The second-order valence-electron chi connectivity index (χ2n) is 9.27. The molecule has 11 heteroatoms. The Morgan fingerprint density at radius 1 is 1.27 bits per heavy atom. The van der Waals surface area contributed by atoms with Crippen LogP contribution >= 0.6 is 0 Å². The summed E-state index contributed by atoms with van der Waals surface area (Å²) in [5.74, 6) is 0.108. The molecule has 33 heavy (non-hydrogen) atoms. The number of nitrogens with zero attached hydrogens (tertiary/aromatic N) is 4. The minimum atomic E-state index is -3.39. The molecule has 2 aromatic rings. The van der Waals surface area contributed by atoms with Gasteiger partial charge >= 0.3 is 0 Å². The van der Waals surface area contributed by atoms with E-state index in [1.165, 1.54) is 10.6 Å². The number of amides is 1. The number of sulfone groups is 1. The number of carbonyl (C=O) groups is 1. The molecule has 0 bridgehead atoms. The molecular formula is C22H30N4O5S2. The van der Waals surface area contributed by atoms with Crippen molar-refractivity contribution in [1.29, 1.82) is 0 Å². The summed E-state index contributed by atoms with van der Waals surface area (Å²) in [5, 5.41) is 4.58. The van der Waals surface area contributed by atoms with Crippen LogP contribution in [-0.4, -0.2) is 68.3 Å². The first kappa shape index (κ1) is 23.7. The second-order valence-corrected chi connectivity index (χ2v) is 13.4. The number of fused-ring (bicyclic) bond motifs is 1. The van der Waals surface area contributed by atoms with Crippen molar-refractivity contribution < 1.29 is 21.6 Å². The van der Waals surface area contributed by atoms with Crippen LogP contribution in [0.5, 0.6) is 0 Å². The fourth-order valence-corrected chi connectivity index (χ4v) is 7.98. The van der Waals surface area contributed by atoms with Gasteiger partial charge in [-0.2, -0.15) is 5.10 Å². The molecule has 3 heterocycles. The third-order valence-electron chi connectivity index (χ3n) is 6.61. The number of hydrogen-bond donors (Lipinski definition) is 0. The average molecular weight is 495 g/mol. The van der Waals surface area contributed by atoms with Crippen molar-refractivity contribution in [1.82, 2.24) is 14.7 Å². The Kier molecular flexibility index (Phi) is 5.84. The van der Waals surface area contributed by atoms with Crippen LogP contribution in [0.1, 0.15) is 52.3 Å². The van der Waals surface area contributed by atoms with Crippen LogP contribution in [0.3, 0.4) is 0 Å². The minimum Gasteiger partial charge on any atom is -0.337 e. The summed E-state index contributed by atoms with van der Waals surface area (Å²) < 4.78 is 51.3. The number of rotatable bonds is 5. The van der Waals surface area contributed by atoms with Crippen LogP contribution < -0.4 is 4.31 Å². The molecule has 1 aromatic heterocycles. The molecular weight excluding hydrogens is 464 g/mol. The van der Waals surface area contributed by atoms with Crippen molar-refractivity contribution in [2.75, 3.05) is 29.1 Å². The second kappa shape index (κ2) is 8.12. The lowest BCUT2D eigenvalue weighted by molar-refractivity contribution is 0.0784. The third kappa shape index (κ3) is 4.40. The van der Waals surface area contributed by atoms with Crippen LogP contribution in [0.2, 0.25) is 0 Å². The summed E-state index contributed by atoms with van der Waals surface area (Å²) in [7, 11) is -4.69. The number of carbonyl (C=O) groups excluding carboxylic acids is 1. The first-order valence-corrected chi connectivity index (χ1v) is 14.6. The Balaban J connectivity index is 1.54. The number of hydrogen-bond acceptors (Lipinski definition) is 6. The Hall–Kier alpha value is -2.40. The summed E-state index contributed by atoms with van der Waals surface area (Å²) in [6, 6.07) is 4.80. The molecule has 2 aliphatic rings. The molecule has 0 spiro atoms. The maximum atomic E-state index is 13.2. The van der Waals surface area contributed by atoms with E-state index in [0.717, 1.165) is 22.5 Å². The molecule has 0 N–H and O–H groups in total. The topological polar surface area (TPSA) is 110 Å². The Morgan fingerprint density at radius 3 is 2.58 bits per heavy atom. The van der Waals surface area contributed by atoms with Gasteiger partial charge < -0.3 is 4.90 Å². The molecule has 4 rings (SSSR count). The molecule has 0 aliphatic carbocycles. The van der Waals surface area contributed by atoms with Gasteiger partial charge in [0, 0.05) is 36.5 Å². The van der Waals surface area contributed by atoms with Gasteiger partial charge in [0.25, 0.3) is 5.91 Å². The minimum absolute atomic E-state index is 0.0984. The van der Waals surface area contributed by atoms with Gasteiger partial charge in [0.05, 0.1) is 35.2 Å². The molecule has 1 fully saturated rings. The van der Waals surface area contributed by atoms with Crippen molar-refractivity contribution in [3.8, 4) is 0 Å². The monoisotopic (exact) mass is 494 g/mol. The molecule has 0 saturated carbocycles. The number of aryl methyl sites for hydroxylation is 1. The van der Waals surface area contributed by atoms with Crippen LogP contribution in [0.15, 0.2) is 18.2 Å². The highest BCUT2D eigenvalue weighted by molar-refractivity contribution is 7.92. The maximum Gasteiger partial charge on any atom is 0.253 e. The summed E-state index contributed by atoms with van der Waals surface area (Å²) in [4.78, 5) is 14.8. The van der Waals surface area contributed by atoms with E-state index in [1.807, 2.05) is 20.8 Å². The summed E-state index contributed by atoms with van der Waals surface area (Å²) in [5.41, 5.74) is 4.54. The van der Waals surface area contributed by atoms with E-state index in [1.54, 1.807) is 34.8 Å². The van der Waals surface area contributed by atoms with Gasteiger partial charge in [-0.15, -0.1) is 0 Å². The highest BCUT2D eigenvalue weighted by atomic mass is 32.2. The average Bonchev–Trinajstić information content (AvgIpc) is 3.33. The van der Waals surface area contributed by atoms with Crippen LogP contribution in [0.25, 0.3) is 0 Å². The zero-order valence-corrected chi connectivity index (χ0v) is 21.2. The Morgan fingerprint density at radius 2 is 1.97 bits per heavy atom. The van der Waals surface area contributed by atoms with E-state index in [0.29, 0.717) is 30.6 Å². The lowest BCUT2D eigenvalue weighted by Gasteiger charge is -2.22. The number of aromatic nitrogens is 2. The normalized spacial score (nSPS) is 21.9. The molecule has 9 nitrogen and oxygen atoms in total. The van der Waals surface area contributed by atoms with Crippen LogP contribution in [0.4, 0.5) is 5.69 Å². The number of sulfonamides is 1. The SMILES string of the molecule is Cc1nn(C2CCS(=O)(=O)C2)c(C)c1CN(C)C(=O)c1ccc2c(c1)CC(C)N2S(C)(=O)=O. The fourth-order valence-electron chi connectivity index (χ4n) is 5.02. The van der Waals surface area contributed by atoms with E-state index >= 15 is 0 Å². The van der Waals surface area contributed by atoms with Crippen molar-refractivity contribution >= 4 is 31.5 Å². The zero-order chi connectivity index (χ0) is 24.3. The molecule has 1 amide bonds. The molecule has 2 aliphatic heterocycles. The van der Waals surface area contributed by atoms with E-state index in [2.05, 4.69) is 5.10 Å². The molecule has 1 aromatic carbocycles. The van der Waals surface area contributed by atoms with Gasteiger partial charge in [-0.05, 0) is 57.4 Å². The first-order valence-electron chi connectivity index (χ1n) is 10.9. The Bertz CT molecular complexity index is 1330. The standard InChI is InChI=1S/C22H30N4O5S2/c1-14-10-18-11-17(6-7-21(18)26(14)32(5,28)29)22(27)24(4)12-20-15(2)23-25(16(20)3)19-8-9-33(30,31)13-19/h6-7,11,14,19H,8-10,12-13H2,1-5H3. The predicted octanol–water partition coefficient (Wildman–Crippen LogP) is 1.84. The van der Waals surface area contributed by atoms with Crippen molar-refractivity contribution in [2.45, 2.75) is 52.2 Å². The van der Waals surface area contributed by atoms with Gasteiger partial charge in [0.1, 0.15) is 0 Å². The van der Waals surface area contributed by atoms with Gasteiger partial charge in [-0.3, -0.25) is 13.8 Å². The summed E-state index contributed by atoms with van der Waals surface area (Å²) >= 11 is 0. The number of benzene rings is 1. The highest BCUT2D eigenvalue weighted by Gasteiger charge is 2.34. The smallest absolute Gasteiger partial charge is 0.253 e. The number of anilines is 1. The molecule has 180 valence electrons. The zero-order valence-electron chi connectivity index (χ0n) is 19.6. The van der Waals surface area contributed by atoms with Crippen molar-refractivity contribution in [3.05, 3.63) is 46.3 Å². The quantitative estimate of drug-likeness (QED) is 0.627. The molecule has 2 atom stereocenters. The van der Waals surface area contributed by atoms with Crippen LogP contribution in [-0.2, 0) is 32.8 Å². The van der Waals surface area contributed by atoms with Gasteiger partial charge in [-0.1, -0.05) is 0 Å². The lowest BCUT2D eigenvalue weighted by atomic mass is 10.1. The fraction of sp³-hybridized carbons (Fsp3) is 0.545. The highest BCUT2D eigenvalue weighted by Crippen LogP contribution is 2.35. The lowest BCUT2D eigenvalue weighted by Crippen LogP contribution is -2.34. The molecule has 0 radical (unpaired) electrons. The van der Waals surface area contributed by atoms with E-state index in [9.17, 15) is 21.6 Å². The van der Waals surface area contributed by atoms with Crippen molar-refractivity contribution in [2.24, 2.45) is 0 Å². The van der Waals surface area contributed by atoms with Crippen molar-refractivity contribution in [3.63, 3.8) is 0 Å². The predicted molar refractivity (Wildman–Crippen MR) is 127 cm³/mol. The Labute approximate surface area is 195 Å². The van der Waals surface area contributed by atoms with E-state index in [4.69, 9.17) is 0 Å². The van der Waals surface area contributed by atoms with Crippen LogP contribution in [0, 0.1) is 13.8 Å². The largest absolute Gasteiger partial charge is 0.337 e. The van der Waals surface area contributed by atoms with Gasteiger partial charge in [0.15, 0.2) is 9.84 Å². The molecule has 1 saturated heterocycles. The van der Waals surface area contributed by atoms with Gasteiger partial charge in [-0.25, -0.2) is 16.8 Å². The molecule has 2 unspecified atom stereocenters. The third-order valence-corrected chi connectivity index (χ3v) is 9.63. The maximum absolute atomic E-state index is 13.2. The summed E-state index contributed by atoms with van der Waals surface area (Å²) in [6.45, 7) is 5.98. The van der Waals surface area contributed by atoms with E-state index < -0.39 is 19.9 Å². The summed E-state index contributed by atoms with van der Waals surface area (Å²) in [6.07, 6.45) is 2.30. The van der Waals surface area contributed by atoms with Gasteiger partial charge in [0.2, 0.25) is 10.0 Å². The first-order chi connectivity index (χ1) is 15.3.